The Bertz CT molecular complexity index is 950. The first-order chi connectivity index (χ1) is 12.2. The lowest BCUT2D eigenvalue weighted by molar-refractivity contribution is 0.299. The first kappa shape index (κ1) is 15.4. The molecule has 3 aromatic rings. The smallest absolute Gasteiger partial charge is 0.320 e. The summed E-state index contributed by atoms with van der Waals surface area (Å²) >= 11 is 0. The van der Waals surface area contributed by atoms with Crippen molar-refractivity contribution in [2.45, 2.75) is 19.9 Å². The Hall–Kier alpha value is -3.16. The van der Waals surface area contributed by atoms with Crippen LogP contribution in [0.1, 0.15) is 17.9 Å². The molecule has 0 aromatic carbocycles. The molecule has 4 heterocycles. The van der Waals surface area contributed by atoms with Crippen LogP contribution in [0, 0.1) is 6.92 Å². The SMILES string of the molecule is Cc1nc2c(N)nc3nc2n1Cc1ncccc1OC/C=C/CCO3. The van der Waals surface area contributed by atoms with Gasteiger partial charge in [-0.3, -0.25) is 4.98 Å². The lowest BCUT2D eigenvalue weighted by Gasteiger charge is -2.12. The van der Waals surface area contributed by atoms with Gasteiger partial charge in [-0.25, -0.2) is 4.98 Å². The lowest BCUT2D eigenvalue weighted by atomic mass is 10.3. The Balaban J connectivity index is 1.86. The van der Waals surface area contributed by atoms with E-state index in [1.54, 1.807) is 6.20 Å². The molecule has 128 valence electrons. The second-order valence-electron chi connectivity index (χ2n) is 5.68. The van der Waals surface area contributed by atoms with Gasteiger partial charge in [-0.1, -0.05) is 12.2 Å². The molecule has 0 saturated heterocycles. The van der Waals surface area contributed by atoms with Crippen LogP contribution in [-0.2, 0) is 6.54 Å². The van der Waals surface area contributed by atoms with Gasteiger partial charge >= 0.3 is 6.01 Å². The molecule has 2 N–H and O–H groups in total. The maximum absolute atomic E-state index is 6.04. The monoisotopic (exact) mass is 338 g/mol. The highest BCUT2D eigenvalue weighted by atomic mass is 16.5. The van der Waals surface area contributed by atoms with Gasteiger partial charge in [0.2, 0.25) is 0 Å². The van der Waals surface area contributed by atoms with Crippen LogP contribution in [0.15, 0.2) is 30.5 Å². The summed E-state index contributed by atoms with van der Waals surface area (Å²) in [5, 5.41) is 0. The number of ether oxygens (including phenoxy) is 2. The molecule has 4 rings (SSSR count). The summed E-state index contributed by atoms with van der Waals surface area (Å²) < 4.78 is 13.4. The molecular formula is C17H18N6O2. The van der Waals surface area contributed by atoms with Crippen molar-refractivity contribution in [3.05, 3.63) is 42.0 Å². The van der Waals surface area contributed by atoms with Crippen molar-refractivity contribution in [2.24, 2.45) is 0 Å². The van der Waals surface area contributed by atoms with Gasteiger partial charge < -0.3 is 19.8 Å². The van der Waals surface area contributed by atoms with Crippen molar-refractivity contribution in [2.75, 3.05) is 18.9 Å². The lowest BCUT2D eigenvalue weighted by Crippen LogP contribution is -2.09. The molecular weight excluding hydrogens is 320 g/mol. The summed E-state index contributed by atoms with van der Waals surface area (Å²) in [6, 6.07) is 4.03. The van der Waals surface area contributed by atoms with Gasteiger partial charge in [0.1, 0.15) is 23.9 Å². The molecule has 8 heteroatoms. The van der Waals surface area contributed by atoms with Gasteiger partial charge in [0.05, 0.1) is 13.2 Å². The fourth-order valence-electron chi connectivity index (χ4n) is 2.73. The summed E-state index contributed by atoms with van der Waals surface area (Å²) in [5.41, 5.74) is 8.04. The first-order valence-corrected chi connectivity index (χ1v) is 8.07. The highest BCUT2D eigenvalue weighted by Crippen LogP contribution is 2.24. The molecule has 8 nitrogen and oxygen atoms in total. The summed E-state index contributed by atoms with van der Waals surface area (Å²) in [7, 11) is 0. The van der Waals surface area contributed by atoms with Gasteiger partial charge in [-0.05, 0) is 25.5 Å². The number of anilines is 1. The summed E-state index contributed by atoms with van der Waals surface area (Å²) in [4.78, 5) is 17.6. The summed E-state index contributed by atoms with van der Waals surface area (Å²) in [5.74, 6) is 1.82. The third kappa shape index (κ3) is 2.98. The van der Waals surface area contributed by atoms with Crippen LogP contribution in [0.4, 0.5) is 5.82 Å². The van der Waals surface area contributed by atoms with E-state index in [0.29, 0.717) is 36.7 Å². The van der Waals surface area contributed by atoms with E-state index in [-0.39, 0.29) is 6.01 Å². The maximum Gasteiger partial charge on any atom is 0.320 e. The Morgan fingerprint density at radius 3 is 3.00 bits per heavy atom. The van der Waals surface area contributed by atoms with Crippen LogP contribution >= 0.6 is 0 Å². The van der Waals surface area contributed by atoms with Crippen molar-refractivity contribution < 1.29 is 9.47 Å². The van der Waals surface area contributed by atoms with Gasteiger partial charge in [0.15, 0.2) is 17.0 Å². The highest BCUT2D eigenvalue weighted by Gasteiger charge is 2.17. The topological polar surface area (TPSA) is 101 Å². The minimum absolute atomic E-state index is 0.258. The first-order valence-electron chi connectivity index (χ1n) is 8.07. The number of aryl methyl sites for hydroxylation is 1. The van der Waals surface area contributed by atoms with E-state index in [9.17, 15) is 0 Å². The van der Waals surface area contributed by atoms with Crippen LogP contribution in [0.2, 0.25) is 0 Å². The quantitative estimate of drug-likeness (QED) is 0.624. The number of imidazole rings is 1. The fraction of sp³-hybridized carbons (Fsp3) is 0.294. The minimum atomic E-state index is 0.258. The number of nitrogens with zero attached hydrogens (tertiary/aromatic N) is 5. The number of nitrogen functional groups attached to an aromatic ring is 1. The Morgan fingerprint density at radius 2 is 2.08 bits per heavy atom. The van der Waals surface area contributed by atoms with E-state index in [1.807, 2.05) is 35.8 Å². The zero-order valence-corrected chi connectivity index (χ0v) is 13.8. The van der Waals surface area contributed by atoms with Crippen molar-refractivity contribution in [1.29, 1.82) is 0 Å². The fourth-order valence-corrected chi connectivity index (χ4v) is 2.73. The predicted molar refractivity (Wildman–Crippen MR) is 92.6 cm³/mol. The number of hydrogen-bond donors (Lipinski definition) is 1. The largest absolute Gasteiger partial charge is 0.488 e. The molecule has 0 spiro atoms. The van der Waals surface area contributed by atoms with E-state index >= 15 is 0 Å². The highest BCUT2D eigenvalue weighted by molar-refractivity contribution is 5.82. The van der Waals surface area contributed by atoms with Crippen LogP contribution in [0.25, 0.3) is 11.2 Å². The maximum atomic E-state index is 6.04. The molecule has 1 aliphatic rings. The van der Waals surface area contributed by atoms with E-state index < -0.39 is 0 Å². The molecule has 0 unspecified atom stereocenters. The van der Waals surface area contributed by atoms with Gasteiger partial charge in [-0.15, -0.1) is 0 Å². The summed E-state index contributed by atoms with van der Waals surface area (Å²) in [6.07, 6.45) is 6.42. The van der Waals surface area contributed by atoms with Gasteiger partial charge in [0.25, 0.3) is 0 Å². The number of pyridine rings is 1. The zero-order valence-electron chi connectivity index (χ0n) is 13.8. The van der Waals surface area contributed by atoms with Crippen LogP contribution in [0.3, 0.4) is 0 Å². The van der Waals surface area contributed by atoms with Crippen LogP contribution in [0.5, 0.6) is 11.8 Å². The molecule has 0 radical (unpaired) electrons. The summed E-state index contributed by atoms with van der Waals surface area (Å²) in [6.45, 7) is 3.31. The van der Waals surface area contributed by atoms with E-state index in [2.05, 4.69) is 19.9 Å². The van der Waals surface area contributed by atoms with Gasteiger partial charge in [0, 0.05) is 6.20 Å². The molecule has 3 aromatic heterocycles. The van der Waals surface area contributed by atoms with E-state index in [1.165, 1.54) is 0 Å². The second-order valence-corrected chi connectivity index (χ2v) is 5.68. The minimum Gasteiger partial charge on any atom is -0.488 e. The number of rotatable bonds is 0. The van der Waals surface area contributed by atoms with Gasteiger partial charge in [-0.2, -0.15) is 9.97 Å². The molecule has 0 aliphatic carbocycles. The molecule has 1 aliphatic heterocycles. The average molecular weight is 338 g/mol. The van der Waals surface area contributed by atoms with Crippen LogP contribution < -0.4 is 15.2 Å². The number of nitrogens with two attached hydrogens (primary N) is 1. The molecule has 2 bridgehead atoms. The molecule has 0 saturated carbocycles. The third-order valence-electron chi connectivity index (χ3n) is 3.97. The normalized spacial score (nSPS) is 15.9. The third-order valence-corrected chi connectivity index (χ3v) is 3.97. The average Bonchev–Trinajstić information content (AvgIpc) is 2.92. The van der Waals surface area contributed by atoms with Crippen LogP contribution in [-0.4, -0.2) is 37.7 Å². The number of hydrogen-bond acceptors (Lipinski definition) is 7. The standard InChI is InChI=1S/C17H18N6O2/c1-11-20-14-15(18)21-17-22-16(14)23(11)10-12-13(6-5-7-19-12)24-8-3-2-4-9-25-17/h2-3,5-7H,4,8-10H2,1H3,(H2,18,21,22)/b3-2+. The van der Waals surface area contributed by atoms with Crippen molar-refractivity contribution in [3.63, 3.8) is 0 Å². The van der Waals surface area contributed by atoms with Crippen molar-refractivity contribution in [1.82, 2.24) is 24.5 Å². The molecule has 25 heavy (non-hydrogen) atoms. The molecule has 0 atom stereocenters. The number of aromatic nitrogens is 5. The second kappa shape index (κ2) is 6.39. The van der Waals surface area contributed by atoms with E-state index in [0.717, 1.165) is 23.7 Å². The van der Waals surface area contributed by atoms with E-state index in [4.69, 9.17) is 15.2 Å². The molecule has 0 fully saturated rings. The Labute approximate surface area is 144 Å². The Kier molecular flexibility index (Phi) is 3.93. The van der Waals surface area contributed by atoms with Crippen molar-refractivity contribution in [3.8, 4) is 11.8 Å². The molecule has 0 amide bonds. The predicted octanol–water partition coefficient (Wildman–Crippen LogP) is 1.88. The number of fused-ring (bicyclic) bond motifs is 2. The van der Waals surface area contributed by atoms with Crippen molar-refractivity contribution >= 4 is 17.0 Å². The Morgan fingerprint density at radius 1 is 1.16 bits per heavy atom. The zero-order chi connectivity index (χ0) is 17.2.